The molecule has 0 fully saturated rings. The van der Waals surface area contributed by atoms with Crippen molar-refractivity contribution in [2.45, 2.75) is 31.9 Å². The summed E-state index contributed by atoms with van der Waals surface area (Å²) in [5.74, 6) is 0. The van der Waals surface area contributed by atoms with Crippen molar-refractivity contribution in [2.75, 3.05) is 25.1 Å². The first-order chi connectivity index (χ1) is 7.99. The Kier molecular flexibility index (Phi) is 5.02. The average Bonchev–Trinajstić information content (AvgIpc) is 2.26. The molecule has 1 aromatic rings. The molecular weight excluding hydrogens is 248 g/mol. The van der Waals surface area contributed by atoms with Gasteiger partial charge in [-0.05, 0) is 25.5 Å². The van der Waals surface area contributed by atoms with Crippen LogP contribution in [0.5, 0.6) is 0 Å². The summed E-state index contributed by atoms with van der Waals surface area (Å²) < 4.78 is 5.51. The Hall–Kier alpha value is -0.770. The normalized spacial score (nSPS) is 19.1. The van der Waals surface area contributed by atoms with Gasteiger partial charge >= 0.3 is 0 Å². The van der Waals surface area contributed by atoms with E-state index in [4.69, 9.17) is 10.5 Å². The summed E-state index contributed by atoms with van der Waals surface area (Å²) in [5.41, 5.74) is 8.60. The zero-order valence-electron chi connectivity index (χ0n) is 11.3. The van der Waals surface area contributed by atoms with E-state index in [2.05, 4.69) is 43.0 Å². The van der Waals surface area contributed by atoms with Crippen LogP contribution in [0.3, 0.4) is 0 Å². The van der Waals surface area contributed by atoms with E-state index in [-0.39, 0.29) is 24.0 Å². The summed E-state index contributed by atoms with van der Waals surface area (Å²) in [6, 6.07) is 8.52. The second-order valence-electron chi connectivity index (χ2n) is 5.56. The van der Waals surface area contributed by atoms with Crippen LogP contribution in [0, 0.1) is 0 Å². The summed E-state index contributed by atoms with van der Waals surface area (Å²) in [6.45, 7) is 5.90. The largest absolute Gasteiger partial charge is 0.379 e. The quantitative estimate of drug-likeness (QED) is 0.915. The Bertz CT molecular complexity index is 390. The van der Waals surface area contributed by atoms with E-state index in [1.807, 2.05) is 0 Å². The van der Waals surface area contributed by atoms with Gasteiger partial charge in [-0.15, -0.1) is 12.4 Å². The first kappa shape index (κ1) is 15.3. The molecule has 1 heterocycles. The summed E-state index contributed by atoms with van der Waals surface area (Å²) >= 11 is 0. The molecule has 0 spiro atoms. The van der Waals surface area contributed by atoms with Crippen molar-refractivity contribution >= 4 is 18.1 Å². The third-order valence-electron chi connectivity index (χ3n) is 3.14. The molecule has 3 nitrogen and oxygen atoms in total. The summed E-state index contributed by atoms with van der Waals surface area (Å²) in [6.07, 6.45) is 1.26. The van der Waals surface area contributed by atoms with Crippen molar-refractivity contribution < 1.29 is 4.74 Å². The Balaban J connectivity index is 0.00000162. The predicted octanol–water partition coefficient (Wildman–Crippen LogP) is 2.22. The molecule has 1 aliphatic rings. The van der Waals surface area contributed by atoms with E-state index in [0.29, 0.717) is 0 Å². The van der Waals surface area contributed by atoms with Gasteiger partial charge in [0.25, 0.3) is 0 Å². The molecule has 18 heavy (non-hydrogen) atoms. The third kappa shape index (κ3) is 3.61. The second kappa shape index (κ2) is 5.91. The third-order valence-corrected chi connectivity index (χ3v) is 3.14. The fraction of sp³-hybridized carbons (Fsp3) is 0.571. The number of halogens is 1. The Labute approximate surface area is 116 Å². The molecule has 0 saturated carbocycles. The van der Waals surface area contributed by atoms with Crippen LogP contribution in [0.1, 0.15) is 19.4 Å². The fourth-order valence-electron chi connectivity index (χ4n) is 2.45. The first-order valence-corrected chi connectivity index (χ1v) is 6.14. The monoisotopic (exact) mass is 270 g/mol. The van der Waals surface area contributed by atoms with E-state index in [0.717, 1.165) is 19.5 Å². The number of rotatable bonds is 3. The van der Waals surface area contributed by atoms with Crippen LogP contribution >= 0.6 is 12.4 Å². The molecule has 1 aliphatic heterocycles. The first-order valence-electron chi connectivity index (χ1n) is 6.14. The lowest BCUT2D eigenvalue weighted by Gasteiger charge is -2.39. The van der Waals surface area contributed by atoms with E-state index in [9.17, 15) is 0 Å². The Morgan fingerprint density at radius 2 is 2.06 bits per heavy atom. The van der Waals surface area contributed by atoms with Crippen molar-refractivity contribution in [3.8, 4) is 0 Å². The maximum absolute atomic E-state index is 6.13. The highest BCUT2D eigenvalue weighted by Crippen LogP contribution is 2.28. The molecule has 0 radical (unpaired) electrons. The number of para-hydroxylation sites is 1. The second-order valence-corrected chi connectivity index (χ2v) is 5.56. The number of anilines is 1. The number of ether oxygens (including phenoxy) is 1. The molecule has 1 unspecified atom stereocenters. The average molecular weight is 271 g/mol. The minimum absolute atomic E-state index is 0. The number of methoxy groups -OCH3 is 1. The van der Waals surface area contributed by atoms with Crippen molar-refractivity contribution in [3.63, 3.8) is 0 Å². The zero-order valence-corrected chi connectivity index (χ0v) is 12.2. The highest BCUT2D eigenvalue weighted by molar-refractivity contribution is 5.85. The van der Waals surface area contributed by atoms with E-state index < -0.39 is 0 Å². The van der Waals surface area contributed by atoms with Crippen LogP contribution in [0.2, 0.25) is 0 Å². The number of benzene rings is 1. The molecule has 4 heteroatoms. The molecule has 0 bridgehead atoms. The number of nitrogens with two attached hydrogens (primary N) is 1. The van der Waals surface area contributed by atoms with Gasteiger partial charge in [0.1, 0.15) is 0 Å². The lowest BCUT2D eigenvalue weighted by atomic mass is 9.97. The van der Waals surface area contributed by atoms with Crippen molar-refractivity contribution in [1.82, 2.24) is 0 Å². The minimum Gasteiger partial charge on any atom is -0.379 e. The molecule has 0 amide bonds. The molecule has 2 rings (SSSR count). The van der Waals surface area contributed by atoms with Gasteiger partial charge in [-0.1, -0.05) is 18.2 Å². The Morgan fingerprint density at radius 1 is 1.39 bits per heavy atom. The number of hydrogen-bond acceptors (Lipinski definition) is 3. The van der Waals surface area contributed by atoms with Gasteiger partial charge in [-0.25, -0.2) is 0 Å². The smallest absolute Gasteiger partial charge is 0.0787 e. The standard InChI is InChI=1S/C14H22N2O.ClH/c1-14(2,15)10-16-9-12(17-3)8-11-6-4-5-7-13(11)16;/h4-7,12H,8-10,15H2,1-3H3;1H. The number of fused-ring (bicyclic) bond motifs is 1. The summed E-state index contributed by atoms with van der Waals surface area (Å²) in [4.78, 5) is 2.34. The molecule has 0 aliphatic carbocycles. The molecule has 2 N–H and O–H groups in total. The molecule has 0 aromatic heterocycles. The fourth-order valence-corrected chi connectivity index (χ4v) is 2.45. The summed E-state index contributed by atoms with van der Waals surface area (Å²) in [7, 11) is 1.78. The van der Waals surface area contributed by atoms with Gasteiger partial charge in [0.15, 0.2) is 0 Å². The maximum atomic E-state index is 6.13. The number of nitrogens with zero attached hydrogens (tertiary/aromatic N) is 1. The lowest BCUT2D eigenvalue weighted by Crippen LogP contribution is -2.50. The zero-order chi connectivity index (χ0) is 12.5. The van der Waals surface area contributed by atoms with E-state index in [1.54, 1.807) is 7.11 Å². The molecule has 1 atom stereocenters. The molecular formula is C14H23ClN2O. The van der Waals surface area contributed by atoms with Crippen molar-refractivity contribution in [1.29, 1.82) is 0 Å². The highest BCUT2D eigenvalue weighted by atomic mass is 35.5. The minimum atomic E-state index is -0.192. The van der Waals surface area contributed by atoms with Gasteiger partial charge in [0.05, 0.1) is 6.10 Å². The van der Waals surface area contributed by atoms with Gasteiger partial charge in [-0.3, -0.25) is 0 Å². The van der Waals surface area contributed by atoms with Gasteiger partial charge < -0.3 is 15.4 Å². The van der Waals surface area contributed by atoms with Crippen LogP contribution in [-0.2, 0) is 11.2 Å². The van der Waals surface area contributed by atoms with Crippen LogP contribution in [0.15, 0.2) is 24.3 Å². The molecule has 102 valence electrons. The van der Waals surface area contributed by atoms with Crippen LogP contribution in [0.25, 0.3) is 0 Å². The van der Waals surface area contributed by atoms with Gasteiger partial charge in [0, 0.05) is 37.8 Å². The summed E-state index contributed by atoms with van der Waals surface area (Å²) in [5, 5.41) is 0. The number of hydrogen-bond donors (Lipinski definition) is 1. The van der Waals surface area contributed by atoms with E-state index >= 15 is 0 Å². The van der Waals surface area contributed by atoms with Gasteiger partial charge in [0.2, 0.25) is 0 Å². The van der Waals surface area contributed by atoms with Crippen molar-refractivity contribution in [3.05, 3.63) is 29.8 Å². The van der Waals surface area contributed by atoms with Crippen LogP contribution in [-0.4, -0.2) is 31.8 Å². The van der Waals surface area contributed by atoms with Crippen LogP contribution in [0.4, 0.5) is 5.69 Å². The molecule has 0 saturated heterocycles. The highest BCUT2D eigenvalue weighted by Gasteiger charge is 2.26. The Morgan fingerprint density at radius 3 is 2.67 bits per heavy atom. The van der Waals surface area contributed by atoms with Gasteiger partial charge in [-0.2, -0.15) is 0 Å². The SMILES string of the molecule is COC1Cc2ccccc2N(CC(C)(C)N)C1.Cl. The lowest BCUT2D eigenvalue weighted by molar-refractivity contribution is 0.103. The topological polar surface area (TPSA) is 38.5 Å². The maximum Gasteiger partial charge on any atom is 0.0787 e. The van der Waals surface area contributed by atoms with Crippen molar-refractivity contribution in [2.24, 2.45) is 5.73 Å². The van der Waals surface area contributed by atoms with Crippen LogP contribution < -0.4 is 10.6 Å². The predicted molar refractivity (Wildman–Crippen MR) is 78.7 cm³/mol. The van der Waals surface area contributed by atoms with E-state index in [1.165, 1.54) is 11.3 Å². The molecule has 1 aromatic carbocycles.